The van der Waals surface area contributed by atoms with Gasteiger partial charge in [0.25, 0.3) is 11.7 Å². The molecule has 4 rings (SSSR count). The van der Waals surface area contributed by atoms with Crippen molar-refractivity contribution < 1.29 is 24.2 Å². The third-order valence-corrected chi connectivity index (χ3v) is 7.03. The third kappa shape index (κ3) is 5.33. The molecule has 0 unspecified atom stereocenters. The third-order valence-electron chi connectivity index (χ3n) is 6.46. The van der Waals surface area contributed by atoms with Gasteiger partial charge in [-0.15, -0.1) is 0 Å². The van der Waals surface area contributed by atoms with Gasteiger partial charge in [-0.05, 0) is 54.8 Å². The van der Waals surface area contributed by atoms with Gasteiger partial charge in [-0.1, -0.05) is 29.3 Å². The molecule has 35 heavy (non-hydrogen) atoms. The predicted octanol–water partition coefficient (Wildman–Crippen LogP) is 4.45. The molecule has 0 aromatic heterocycles. The first-order valence-corrected chi connectivity index (χ1v) is 12.3. The molecule has 2 heterocycles. The number of benzene rings is 2. The van der Waals surface area contributed by atoms with E-state index < -0.39 is 17.7 Å². The molecule has 0 saturated carbocycles. The molecule has 0 aliphatic carbocycles. The molecule has 2 saturated heterocycles. The van der Waals surface area contributed by atoms with Gasteiger partial charge >= 0.3 is 0 Å². The minimum absolute atomic E-state index is 0.0128. The second kappa shape index (κ2) is 11.0. The summed E-state index contributed by atoms with van der Waals surface area (Å²) in [4.78, 5) is 30.2. The number of methoxy groups -OCH3 is 1. The fraction of sp³-hybridized carbons (Fsp3) is 0.385. The molecule has 1 atom stereocenters. The van der Waals surface area contributed by atoms with E-state index in [2.05, 4.69) is 4.90 Å². The lowest BCUT2D eigenvalue weighted by atomic mass is 9.93. The first-order chi connectivity index (χ1) is 16.8. The minimum Gasteiger partial charge on any atom is -0.507 e. The van der Waals surface area contributed by atoms with Crippen LogP contribution >= 0.6 is 23.2 Å². The smallest absolute Gasteiger partial charge is 0.295 e. The van der Waals surface area contributed by atoms with Crippen LogP contribution in [0, 0.1) is 6.92 Å². The molecular formula is C26H28Cl2N2O5. The van der Waals surface area contributed by atoms with Crippen LogP contribution in [0.15, 0.2) is 42.0 Å². The maximum absolute atomic E-state index is 13.3. The number of halogens is 2. The Morgan fingerprint density at radius 2 is 1.86 bits per heavy atom. The highest BCUT2D eigenvalue weighted by Crippen LogP contribution is 2.43. The van der Waals surface area contributed by atoms with Gasteiger partial charge in [0.15, 0.2) is 0 Å². The Hall–Kier alpha value is -2.58. The number of aliphatic hydroxyl groups excluding tert-OH is 1. The number of aryl methyl sites for hydroxylation is 1. The molecule has 7 nitrogen and oxygen atoms in total. The summed E-state index contributed by atoms with van der Waals surface area (Å²) in [6, 6.07) is 9.24. The van der Waals surface area contributed by atoms with Crippen LogP contribution < -0.4 is 4.74 Å². The molecule has 0 bridgehead atoms. The van der Waals surface area contributed by atoms with E-state index >= 15 is 0 Å². The standard InChI is InChI=1S/C26H28Cl2N2O5/c1-16-14-18(34-2)5-7-19(16)24(31)22-23(20-6-4-17(27)15-21(20)28)30(26(33)25(22)32)9-3-8-29-10-12-35-13-11-29/h4-7,14-15,23,31H,3,8-13H2,1-2H3/b24-22+/t23-/m0/s1. The van der Waals surface area contributed by atoms with E-state index in [0.29, 0.717) is 58.7 Å². The second-order valence-corrected chi connectivity index (χ2v) is 9.49. The number of rotatable bonds is 7. The van der Waals surface area contributed by atoms with E-state index in [1.807, 2.05) is 0 Å². The summed E-state index contributed by atoms with van der Waals surface area (Å²) in [5.41, 5.74) is 1.71. The van der Waals surface area contributed by atoms with E-state index in [1.54, 1.807) is 50.4 Å². The summed E-state index contributed by atoms with van der Waals surface area (Å²) in [6.07, 6.45) is 0.663. The largest absolute Gasteiger partial charge is 0.507 e. The molecule has 0 radical (unpaired) electrons. The monoisotopic (exact) mass is 518 g/mol. The summed E-state index contributed by atoms with van der Waals surface area (Å²) >= 11 is 12.6. The Labute approximate surface area is 214 Å². The number of amides is 1. The number of morpholine rings is 1. The number of likely N-dealkylation sites (tertiary alicyclic amines) is 1. The molecule has 186 valence electrons. The maximum Gasteiger partial charge on any atom is 0.295 e. The number of carbonyl (C=O) groups is 2. The average molecular weight is 519 g/mol. The molecule has 2 aromatic rings. The second-order valence-electron chi connectivity index (χ2n) is 8.65. The summed E-state index contributed by atoms with van der Waals surface area (Å²) in [7, 11) is 1.55. The van der Waals surface area contributed by atoms with Crippen molar-refractivity contribution in [3.05, 3.63) is 68.7 Å². The molecule has 1 amide bonds. The van der Waals surface area contributed by atoms with Gasteiger partial charge in [0.05, 0.1) is 31.9 Å². The summed E-state index contributed by atoms with van der Waals surface area (Å²) in [5.74, 6) is -1.01. The van der Waals surface area contributed by atoms with Gasteiger partial charge in [0.2, 0.25) is 0 Å². The Kier molecular flexibility index (Phi) is 8.02. The van der Waals surface area contributed by atoms with Crippen LogP contribution in [-0.2, 0) is 14.3 Å². The lowest BCUT2D eigenvalue weighted by Gasteiger charge is -2.29. The van der Waals surface area contributed by atoms with Crippen LogP contribution in [0.3, 0.4) is 0 Å². The van der Waals surface area contributed by atoms with Crippen LogP contribution in [0.2, 0.25) is 10.0 Å². The summed E-state index contributed by atoms with van der Waals surface area (Å²) in [6.45, 7) is 5.96. The SMILES string of the molecule is COc1ccc(/C(O)=C2\C(=O)C(=O)N(CCCN3CCOCC3)[C@H]2c2ccc(Cl)cc2Cl)c(C)c1. The highest BCUT2D eigenvalue weighted by atomic mass is 35.5. The number of Topliss-reactive ketones (excluding diaryl/α,β-unsaturated/α-hetero) is 1. The molecule has 9 heteroatoms. The van der Waals surface area contributed by atoms with Crippen LogP contribution in [0.1, 0.15) is 29.2 Å². The van der Waals surface area contributed by atoms with E-state index in [1.165, 1.54) is 4.90 Å². The highest BCUT2D eigenvalue weighted by Gasteiger charge is 2.46. The van der Waals surface area contributed by atoms with Gasteiger partial charge in [0, 0.05) is 41.8 Å². The number of carbonyl (C=O) groups excluding carboxylic acids is 2. The Balaban J connectivity index is 1.73. The fourth-order valence-corrected chi connectivity index (χ4v) is 5.13. The van der Waals surface area contributed by atoms with Crippen molar-refractivity contribution >= 4 is 40.7 Å². The minimum atomic E-state index is -0.828. The molecular weight excluding hydrogens is 491 g/mol. The topological polar surface area (TPSA) is 79.3 Å². The van der Waals surface area contributed by atoms with Crippen molar-refractivity contribution in [3.63, 3.8) is 0 Å². The Morgan fingerprint density at radius 1 is 1.11 bits per heavy atom. The zero-order valence-electron chi connectivity index (χ0n) is 19.7. The number of ether oxygens (including phenoxy) is 2. The Bertz CT molecular complexity index is 1160. The van der Waals surface area contributed by atoms with Crippen LogP contribution in [0.4, 0.5) is 0 Å². The first-order valence-electron chi connectivity index (χ1n) is 11.5. The number of aliphatic hydroxyl groups is 1. The number of hydrogen-bond donors (Lipinski definition) is 1. The summed E-state index contributed by atoms with van der Waals surface area (Å²) < 4.78 is 10.7. The van der Waals surface area contributed by atoms with Crippen molar-refractivity contribution in [1.82, 2.24) is 9.80 Å². The molecule has 2 aromatic carbocycles. The lowest BCUT2D eigenvalue weighted by Crippen LogP contribution is -2.39. The highest BCUT2D eigenvalue weighted by molar-refractivity contribution is 6.47. The molecule has 2 aliphatic rings. The molecule has 2 fully saturated rings. The summed E-state index contributed by atoms with van der Waals surface area (Å²) in [5, 5.41) is 12.1. The van der Waals surface area contributed by atoms with Crippen molar-refractivity contribution in [1.29, 1.82) is 0 Å². The normalized spacial score (nSPS) is 20.5. The lowest BCUT2D eigenvalue weighted by molar-refractivity contribution is -0.140. The quantitative estimate of drug-likeness (QED) is 0.331. The van der Waals surface area contributed by atoms with E-state index in [9.17, 15) is 14.7 Å². The van der Waals surface area contributed by atoms with Crippen LogP contribution in [0.5, 0.6) is 5.75 Å². The number of nitrogens with zero attached hydrogens (tertiary/aromatic N) is 2. The van der Waals surface area contributed by atoms with E-state index in [4.69, 9.17) is 32.7 Å². The van der Waals surface area contributed by atoms with Crippen LogP contribution in [0.25, 0.3) is 5.76 Å². The first kappa shape index (κ1) is 25.5. The van der Waals surface area contributed by atoms with Gasteiger partial charge in [-0.25, -0.2) is 0 Å². The van der Waals surface area contributed by atoms with Crippen molar-refractivity contribution in [2.45, 2.75) is 19.4 Å². The fourth-order valence-electron chi connectivity index (χ4n) is 4.62. The molecule has 1 N–H and O–H groups in total. The number of hydrogen-bond acceptors (Lipinski definition) is 6. The average Bonchev–Trinajstić information content (AvgIpc) is 3.09. The van der Waals surface area contributed by atoms with Crippen LogP contribution in [-0.4, -0.2) is 73.1 Å². The van der Waals surface area contributed by atoms with Gasteiger partial charge in [-0.2, -0.15) is 0 Å². The van der Waals surface area contributed by atoms with Gasteiger partial charge < -0.3 is 19.5 Å². The molecule has 0 spiro atoms. The van der Waals surface area contributed by atoms with Crippen molar-refractivity contribution in [2.24, 2.45) is 0 Å². The van der Waals surface area contributed by atoms with Crippen molar-refractivity contribution in [3.8, 4) is 5.75 Å². The van der Waals surface area contributed by atoms with Gasteiger partial charge in [-0.3, -0.25) is 14.5 Å². The molecule has 2 aliphatic heterocycles. The van der Waals surface area contributed by atoms with E-state index in [-0.39, 0.29) is 11.3 Å². The van der Waals surface area contributed by atoms with Gasteiger partial charge in [0.1, 0.15) is 11.5 Å². The maximum atomic E-state index is 13.3. The zero-order valence-corrected chi connectivity index (χ0v) is 21.2. The Morgan fingerprint density at radius 3 is 2.51 bits per heavy atom. The number of ketones is 1. The predicted molar refractivity (Wildman–Crippen MR) is 135 cm³/mol. The van der Waals surface area contributed by atoms with E-state index in [0.717, 1.165) is 19.6 Å². The zero-order chi connectivity index (χ0) is 25.1. The van der Waals surface area contributed by atoms with Crippen molar-refractivity contribution in [2.75, 3.05) is 46.5 Å².